The van der Waals surface area contributed by atoms with E-state index < -0.39 is 0 Å². The average Bonchev–Trinajstić information content (AvgIpc) is 2.73. The third kappa shape index (κ3) is 4.87. The number of hydrogen-bond acceptors (Lipinski definition) is 3. The highest BCUT2D eigenvalue weighted by Gasteiger charge is 2.28. The molecule has 0 spiro atoms. The fourth-order valence-electron chi connectivity index (χ4n) is 4.09. The van der Waals surface area contributed by atoms with Gasteiger partial charge in [-0.1, -0.05) is 52.0 Å². The van der Waals surface area contributed by atoms with Crippen molar-refractivity contribution in [2.24, 2.45) is 5.92 Å². The number of nitrogens with zero attached hydrogens (tertiary/aromatic N) is 3. The first-order valence-electron chi connectivity index (χ1n) is 11.3. The molecule has 1 amide bonds. The molecule has 0 aliphatic heterocycles. The SMILES string of the molecule is CCCN(C(=O)CC(C)C)C(CC)c1nc2ccccc2c(=O)n1-c1cccc(C)c1. The van der Waals surface area contributed by atoms with Crippen LogP contribution in [0.3, 0.4) is 0 Å². The third-order valence-electron chi connectivity index (χ3n) is 5.49. The number of benzene rings is 2. The highest BCUT2D eigenvalue weighted by atomic mass is 16.2. The van der Waals surface area contributed by atoms with E-state index >= 15 is 0 Å². The second-order valence-electron chi connectivity index (χ2n) is 8.58. The first kappa shape index (κ1) is 22.7. The van der Waals surface area contributed by atoms with Crippen LogP contribution in [0.2, 0.25) is 0 Å². The van der Waals surface area contributed by atoms with Gasteiger partial charge in [0.2, 0.25) is 5.91 Å². The molecule has 0 N–H and O–H groups in total. The molecule has 5 nitrogen and oxygen atoms in total. The first-order chi connectivity index (χ1) is 14.9. The number of rotatable bonds is 8. The minimum atomic E-state index is -0.274. The van der Waals surface area contributed by atoms with Crippen LogP contribution < -0.4 is 5.56 Å². The van der Waals surface area contributed by atoms with Crippen molar-refractivity contribution in [3.63, 3.8) is 0 Å². The number of amides is 1. The smallest absolute Gasteiger partial charge is 0.266 e. The second-order valence-corrected chi connectivity index (χ2v) is 8.58. The zero-order valence-electron chi connectivity index (χ0n) is 19.3. The van der Waals surface area contributed by atoms with E-state index in [9.17, 15) is 9.59 Å². The molecular formula is C26H33N3O2. The minimum Gasteiger partial charge on any atom is -0.333 e. The third-order valence-corrected chi connectivity index (χ3v) is 5.49. The summed E-state index contributed by atoms with van der Waals surface area (Å²) in [4.78, 5) is 33.7. The van der Waals surface area contributed by atoms with Crippen LogP contribution in [0.4, 0.5) is 0 Å². The summed E-state index contributed by atoms with van der Waals surface area (Å²) >= 11 is 0. The molecule has 1 atom stereocenters. The molecule has 5 heteroatoms. The van der Waals surface area contributed by atoms with Crippen molar-refractivity contribution in [2.75, 3.05) is 6.54 Å². The quantitative estimate of drug-likeness (QED) is 0.489. The Labute approximate surface area is 184 Å². The van der Waals surface area contributed by atoms with Crippen LogP contribution in [-0.2, 0) is 4.79 Å². The van der Waals surface area contributed by atoms with Crippen LogP contribution in [0.15, 0.2) is 53.3 Å². The summed E-state index contributed by atoms with van der Waals surface area (Å²) in [6.45, 7) is 10.9. The summed E-state index contributed by atoms with van der Waals surface area (Å²) in [6, 6.07) is 15.0. The highest BCUT2D eigenvalue weighted by Crippen LogP contribution is 2.27. The molecule has 2 aromatic carbocycles. The predicted octanol–water partition coefficient (Wildman–Crippen LogP) is 5.43. The van der Waals surface area contributed by atoms with Crippen molar-refractivity contribution >= 4 is 16.8 Å². The molecule has 1 unspecified atom stereocenters. The Morgan fingerprint density at radius 1 is 1.10 bits per heavy atom. The van der Waals surface area contributed by atoms with Gasteiger partial charge in [-0.25, -0.2) is 4.98 Å². The van der Waals surface area contributed by atoms with Gasteiger partial charge in [0, 0.05) is 13.0 Å². The number of carbonyl (C=O) groups excluding carboxylic acids is 1. The average molecular weight is 420 g/mol. The fourth-order valence-corrected chi connectivity index (χ4v) is 4.09. The van der Waals surface area contributed by atoms with Crippen LogP contribution in [-0.4, -0.2) is 26.9 Å². The van der Waals surface area contributed by atoms with Crippen LogP contribution >= 0.6 is 0 Å². The molecular weight excluding hydrogens is 386 g/mol. The van der Waals surface area contributed by atoms with Crippen molar-refractivity contribution in [2.45, 2.75) is 59.9 Å². The van der Waals surface area contributed by atoms with Gasteiger partial charge in [0.15, 0.2) is 0 Å². The van der Waals surface area contributed by atoms with E-state index in [1.807, 2.05) is 60.4 Å². The van der Waals surface area contributed by atoms with Gasteiger partial charge >= 0.3 is 0 Å². The van der Waals surface area contributed by atoms with Crippen molar-refractivity contribution in [1.29, 1.82) is 0 Å². The van der Waals surface area contributed by atoms with Crippen molar-refractivity contribution in [1.82, 2.24) is 14.5 Å². The monoisotopic (exact) mass is 419 g/mol. The predicted molar refractivity (Wildman–Crippen MR) is 127 cm³/mol. The number of aryl methyl sites for hydroxylation is 1. The van der Waals surface area contributed by atoms with E-state index in [0.29, 0.717) is 36.1 Å². The summed E-state index contributed by atoms with van der Waals surface area (Å²) < 4.78 is 1.70. The maximum atomic E-state index is 13.6. The molecule has 1 aromatic heterocycles. The maximum Gasteiger partial charge on any atom is 0.266 e. The Kier molecular flexibility index (Phi) is 7.26. The Hall–Kier alpha value is -2.95. The van der Waals surface area contributed by atoms with Crippen LogP contribution in [0.25, 0.3) is 16.6 Å². The first-order valence-corrected chi connectivity index (χ1v) is 11.3. The zero-order valence-corrected chi connectivity index (χ0v) is 19.3. The van der Waals surface area contributed by atoms with Crippen molar-refractivity contribution in [3.8, 4) is 5.69 Å². The van der Waals surface area contributed by atoms with Crippen LogP contribution in [0, 0.1) is 12.8 Å². The van der Waals surface area contributed by atoms with E-state index in [1.165, 1.54) is 0 Å². The molecule has 1 heterocycles. The van der Waals surface area contributed by atoms with Gasteiger partial charge < -0.3 is 4.90 Å². The van der Waals surface area contributed by atoms with Crippen molar-refractivity contribution in [3.05, 3.63) is 70.3 Å². The largest absolute Gasteiger partial charge is 0.333 e. The minimum absolute atomic E-state index is 0.0996. The Morgan fingerprint density at radius 2 is 1.84 bits per heavy atom. The molecule has 3 aromatic rings. The topological polar surface area (TPSA) is 55.2 Å². The van der Waals surface area contributed by atoms with Gasteiger partial charge in [-0.15, -0.1) is 0 Å². The standard InChI is InChI=1S/C26H33N3O2/c1-6-15-28(24(30)16-18(3)4)23(7-2)25-27-22-14-9-8-13-21(22)26(31)29(25)20-12-10-11-19(5)17-20/h8-14,17-18,23H,6-7,15-16H2,1-5H3. The highest BCUT2D eigenvalue weighted by molar-refractivity contribution is 5.79. The zero-order chi connectivity index (χ0) is 22.5. The summed E-state index contributed by atoms with van der Waals surface area (Å²) in [7, 11) is 0. The molecule has 0 radical (unpaired) electrons. The summed E-state index contributed by atoms with van der Waals surface area (Å²) in [5.74, 6) is 1.01. The van der Waals surface area contributed by atoms with Crippen LogP contribution in [0.5, 0.6) is 0 Å². The molecule has 3 rings (SSSR count). The number of carbonyl (C=O) groups is 1. The molecule has 0 saturated heterocycles. The lowest BCUT2D eigenvalue weighted by atomic mass is 10.1. The normalized spacial score (nSPS) is 12.3. The lowest BCUT2D eigenvalue weighted by Crippen LogP contribution is -2.39. The van der Waals surface area contributed by atoms with Gasteiger partial charge in [-0.3, -0.25) is 14.2 Å². The number of para-hydroxylation sites is 1. The van der Waals surface area contributed by atoms with E-state index in [0.717, 1.165) is 17.7 Å². The fraction of sp³-hybridized carbons (Fsp3) is 0.423. The van der Waals surface area contributed by atoms with E-state index in [1.54, 1.807) is 4.57 Å². The van der Waals surface area contributed by atoms with E-state index in [-0.39, 0.29) is 23.4 Å². The van der Waals surface area contributed by atoms with Gasteiger partial charge in [0.1, 0.15) is 5.82 Å². The molecule has 0 fully saturated rings. The van der Waals surface area contributed by atoms with Gasteiger partial charge in [0.05, 0.1) is 22.6 Å². The Bertz CT molecular complexity index is 1120. The summed E-state index contributed by atoms with van der Waals surface area (Å²) in [6.07, 6.45) is 2.02. The lowest BCUT2D eigenvalue weighted by Gasteiger charge is -2.32. The molecule has 0 aliphatic rings. The Balaban J connectivity index is 2.28. The van der Waals surface area contributed by atoms with E-state index in [4.69, 9.17) is 4.98 Å². The van der Waals surface area contributed by atoms with Gasteiger partial charge in [-0.05, 0) is 55.5 Å². The molecule has 164 valence electrons. The number of fused-ring (bicyclic) bond motifs is 1. The molecule has 31 heavy (non-hydrogen) atoms. The number of aromatic nitrogens is 2. The lowest BCUT2D eigenvalue weighted by molar-refractivity contribution is -0.134. The van der Waals surface area contributed by atoms with Gasteiger partial charge in [0.25, 0.3) is 5.56 Å². The maximum absolute atomic E-state index is 13.6. The van der Waals surface area contributed by atoms with Crippen molar-refractivity contribution < 1.29 is 4.79 Å². The van der Waals surface area contributed by atoms with Crippen LogP contribution in [0.1, 0.15) is 64.4 Å². The number of hydrogen-bond donors (Lipinski definition) is 0. The van der Waals surface area contributed by atoms with Gasteiger partial charge in [-0.2, -0.15) is 0 Å². The summed E-state index contributed by atoms with van der Waals surface area (Å²) in [5.41, 5.74) is 2.41. The molecule has 0 saturated carbocycles. The Morgan fingerprint density at radius 3 is 2.48 bits per heavy atom. The molecule has 0 aliphatic carbocycles. The van der Waals surface area contributed by atoms with E-state index in [2.05, 4.69) is 27.7 Å². The molecule has 0 bridgehead atoms. The summed E-state index contributed by atoms with van der Waals surface area (Å²) in [5, 5.41) is 0.582. The second kappa shape index (κ2) is 9.90.